The van der Waals surface area contributed by atoms with E-state index in [0.717, 1.165) is 37.7 Å². The maximum Gasteiger partial charge on any atom is 0.0676 e. The Morgan fingerprint density at radius 1 is 1.48 bits per heavy atom. The molecule has 0 aromatic carbocycles. The zero-order chi connectivity index (χ0) is 14.9. The predicted octanol–water partition coefficient (Wildman–Crippen LogP) is 2.46. The smallest absolute Gasteiger partial charge is 0.0676 e. The van der Waals surface area contributed by atoms with Crippen molar-refractivity contribution >= 4 is 0 Å². The Bertz CT molecular complexity index is 480. The van der Waals surface area contributed by atoms with Crippen molar-refractivity contribution in [3.05, 3.63) is 17.5 Å². The van der Waals surface area contributed by atoms with E-state index in [0.29, 0.717) is 6.10 Å². The molecule has 4 nitrogen and oxygen atoms in total. The predicted molar refractivity (Wildman–Crippen MR) is 84.3 cm³/mol. The van der Waals surface area contributed by atoms with Crippen LogP contribution in [0.4, 0.5) is 0 Å². The van der Waals surface area contributed by atoms with Gasteiger partial charge in [-0.25, -0.2) is 0 Å². The van der Waals surface area contributed by atoms with Crippen molar-refractivity contribution in [2.75, 3.05) is 19.7 Å². The molecule has 1 saturated heterocycles. The minimum atomic E-state index is 0.260. The summed E-state index contributed by atoms with van der Waals surface area (Å²) in [5, 5.41) is 8.19. The van der Waals surface area contributed by atoms with Gasteiger partial charge < -0.3 is 10.1 Å². The minimum Gasteiger partial charge on any atom is -0.377 e. The van der Waals surface area contributed by atoms with Crippen molar-refractivity contribution < 1.29 is 4.74 Å². The van der Waals surface area contributed by atoms with E-state index in [4.69, 9.17) is 4.74 Å². The summed E-state index contributed by atoms with van der Waals surface area (Å²) < 4.78 is 8.23. The van der Waals surface area contributed by atoms with Gasteiger partial charge in [0, 0.05) is 31.3 Å². The Hall–Kier alpha value is -0.870. The monoisotopic (exact) mass is 291 g/mol. The van der Waals surface area contributed by atoms with Crippen LogP contribution in [0.2, 0.25) is 0 Å². The van der Waals surface area contributed by atoms with Crippen LogP contribution in [0, 0.1) is 18.3 Å². The second-order valence-electron chi connectivity index (χ2n) is 7.00. The van der Waals surface area contributed by atoms with Crippen molar-refractivity contribution in [3.63, 3.8) is 0 Å². The van der Waals surface area contributed by atoms with Crippen LogP contribution in [-0.2, 0) is 18.2 Å². The molecule has 118 valence electrons. The highest BCUT2D eigenvalue weighted by Crippen LogP contribution is 2.49. The van der Waals surface area contributed by atoms with Crippen molar-refractivity contribution in [2.45, 2.75) is 52.1 Å². The first-order valence-electron chi connectivity index (χ1n) is 8.46. The average molecular weight is 291 g/mol. The maximum atomic E-state index is 6.17. The highest BCUT2D eigenvalue weighted by atomic mass is 16.5. The first-order valence-corrected chi connectivity index (χ1v) is 8.46. The lowest BCUT2D eigenvalue weighted by Gasteiger charge is -2.35. The van der Waals surface area contributed by atoms with Crippen LogP contribution < -0.4 is 5.32 Å². The molecular weight excluding hydrogens is 262 g/mol. The molecule has 2 unspecified atom stereocenters. The van der Waals surface area contributed by atoms with Gasteiger partial charge in [-0.05, 0) is 57.6 Å². The molecule has 0 spiro atoms. The quantitative estimate of drug-likeness (QED) is 0.784. The minimum absolute atomic E-state index is 0.260. The summed E-state index contributed by atoms with van der Waals surface area (Å²) >= 11 is 0. The molecule has 1 saturated carbocycles. The lowest BCUT2D eigenvalue weighted by molar-refractivity contribution is 0.0299. The average Bonchev–Trinajstić information content (AvgIpc) is 3.13. The van der Waals surface area contributed by atoms with Crippen LogP contribution in [0.5, 0.6) is 0 Å². The van der Waals surface area contributed by atoms with Gasteiger partial charge in [0.1, 0.15) is 0 Å². The molecule has 0 amide bonds. The van der Waals surface area contributed by atoms with Crippen molar-refractivity contribution in [1.82, 2.24) is 15.1 Å². The zero-order valence-electron chi connectivity index (χ0n) is 13.7. The number of aryl methyl sites for hydroxylation is 2. The van der Waals surface area contributed by atoms with Gasteiger partial charge in [-0.3, -0.25) is 4.68 Å². The summed E-state index contributed by atoms with van der Waals surface area (Å²) in [6.45, 7) is 7.41. The van der Waals surface area contributed by atoms with Gasteiger partial charge in [-0.15, -0.1) is 0 Å². The molecule has 1 aromatic heterocycles. The van der Waals surface area contributed by atoms with Crippen molar-refractivity contribution in [3.8, 4) is 0 Å². The van der Waals surface area contributed by atoms with Crippen molar-refractivity contribution in [2.24, 2.45) is 18.4 Å². The SMILES string of the molecule is CCCNCC1(Cc2cc(C)nn2C)CCOC1C1CC1. The molecule has 1 aliphatic carbocycles. The fourth-order valence-corrected chi connectivity index (χ4v) is 3.89. The molecule has 3 rings (SSSR count). The van der Waals surface area contributed by atoms with E-state index in [-0.39, 0.29) is 5.41 Å². The third-order valence-corrected chi connectivity index (χ3v) is 5.09. The first kappa shape index (κ1) is 15.0. The zero-order valence-corrected chi connectivity index (χ0v) is 13.7. The van der Waals surface area contributed by atoms with Gasteiger partial charge in [0.15, 0.2) is 0 Å². The standard InChI is InChI=1S/C17H29N3O/c1-4-8-18-12-17(7-9-21-16(17)14-5-6-14)11-15-10-13(2)19-20(15)3/h10,14,16,18H,4-9,11-12H2,1-3H3. The number of hydrogen-bond acceptors (Lipinski definition) is 3. The summed E-state index contributed by atoms with van der Waals surface area (Å²) in [4.78, 5) is 0. The van der Waals surface area contributed by atoms with Gasteiger partial charge in [-0.1, -0.05) is 6.92 Å². The number of nitrogens with zero attached hydrogens (tertiary/aromatic N) is 2. The lowest BCUT2D eigenvalue weighted by atomic mass is 9.75. The van der Waals surface area contributed by atoms with E-state index in [2.05, 4.69) is 42.1 Å². The Balaban J connectivity index is 1.79. The van der Waals surface area contributed by atoms with E-state index in [1.54, 1.807) is 0 Å². The topological polar surface area (TPSA) is 39.1 Å². The number of nitrogens with one attached hydrogen (secondary N) is 1. The molecule has 2 fully saturated rings. The van der Waals surface area contributed by atoms with E-state index >= 15 is 0 Å². The van der Waals surface area contributed by atoms with Gasteiger partial charge in [0.05, 0.1) is 11.8 Å². The van der Waals surface area contributed by atoms with E-state index in [1.807, 2.05) is 0 Å². The molecule has 0 bridgehead atoms. The highest BCUT2D eigenvalue weighted by molar-refractivity contribution is 5.14. The fraction of sp³-hybridized carbons (Fsp3) is 0.824. The Labute approximate surface area is 128 Å². The van der Waals surface area contributed by atoms with E-state index < -0.39 is 0 Å². The lowest BCUT2D eigenvalue weighted by Crippen LogP contribution is -2.44. The summed E-state index contributed by atoms with van der Waals surface area (Å²) in [7, 11) is 2.07. The second-order valence-corrected chi connectivity index (χ2v) is 7.00. The molecule has 1 aliphatic heterocycles. The Morgan fingerprint density at radius 3 is 2.90 bits per heavy atom. The van der Waals surface area contributed by atoms with Gasteiger partial charge in [-0.2, -0.15) is 5.10 Å². The third-order valence-electron chi connectivity index (χ3n) is 5.09. The Kier molecular flexibility index (Phi) is 4.36. The van der Waals surface area contributed by atoms with Crippen LogP contribution in [0.1, 0.15) is 44.0 Å². The van der Waals surface area contributed by atoms with Gasteiger partial charge >= 0.3 is 0 Å². The summed E-state index contributed by atoms with van der Waals surface area (Å²) in [6.07, 6.45) is 6.60. The van der Waals surface area contributed by atoms with Crippen molar-refractivity contribution in [1.29, 1.82) is 0 Å². The second kappa shape index (κ2) is 6.09. The highest BCUT2D eigenvalue weighted by Gasteiger charge is 2.50. The molecular formula is C17H29N3O. The molecule has 1 aromatic rings. The number of rotatable bonds is 7. The van der Waals surface area contributed by atoms with Crippen LogP contribution in [0.15, 0.2) is 6.07 Å². The van der Waals surface area contributed by atoms with Crippen LogP contribution in [0.3, 0.4) is 0 Å². The van der Waals surface area contributed by atoms with Crippen LogP contribution in [0.25, 0.3) is 0 Å². The molecule has 21 heavy (non-hydrogen) atoms. The summed E-state index contributed by atoms with van der Waals surface area (Å²) in [5.74, 6) is 0.797. The Morgan fingerprint density at radius 2 is 2.29 bits per heavy atom. The molecule has 4 heteroatoms. The van der Waals surface area contributed by atoms with E-state index in [9.17, 15) is 0 Å². The molecule has 2 aliphatic rings. The number of aromatic nitrogens is 2. The largest absolute Gasteiger partial charge is 0.377 e. The number of ether oxygens (including phenoxy) is 1. The maximum absolute atomic E-state index is 6.17. The van der Waals surface area contributed by atoms with Gasteiger partial charge in [0.25, 0.3) is 0 Å². The van der Waals surface area contributed by atoms with E-state index in [1.165, 1.54) is 31.4 Å². The van der Waals surface area contributed by atoms with Crippen LogP contribution in [-0.4, -0.2) is 35.6 Å². The van der Waals surface area contributed by atoms with Crippen LogP contribution >= 0.6 is 0 Å². The first-order chi connectivity index (χ1) is 10.1. The third kappa shape index (κ3) is 3.16. The molecule has 0 radical (unpaired) electrons. The molecule has 1 N–H and O–H groups in total. The fourth-order valence-electron chi connectivity index (χ4n) is 3.89. The normalized spacial score (nSPS) is 29.2. The summed E-state index contributed by atoms with van der Waals surface area (Å²) in [6, 6.07) is 2.24. The summed E-state index contributed by atoms with van der Waals surface area (Å²) in [5.41, 5.74) is 2.73. The van der Waals surface area contributed by atoms with Gasteiger partial charge in [0.2, 0.25) is 0 Å². The molecule has 2 atom stereocenters. The number of hydrogen-bond donors (Lipinski definition) is 1. The molecule has 2 heterocycles.